The zero-order chi connectivity index (χ0) is 14.0. The fourth-order valence-electron chi connectivity index (χ4n) is 2.43. The number of aliphatic hydroxyl groups excluding tert-OH is 1. The second kappa shape index (κ2) is 5.48. The molecule has 1 aliphatic rings. The van der Waals surface area contributed by atoms with E-state index in [1.54, 1.807) is 0 Å². The fraction of sp³-hybridized carbons (Fsp3) is 0.500. The standard InChI is InChI=1S/C12H14F2N2O3/c13-9-4-8(16(18)19)5-10(14)12(9)15-11-3-1-2-7(11)6-17/h4-5,7,11,15,17H,1-3,6H2. The molecule has 2 N–H and O–H groups in total. The van der Waals surface area contributed by atoms with E-state index in [0.717, 1.165) is 12.8 Å². The van der Waals surface area contributed by atoms with E-state index in [0.29, 0.717) is 18.6 Å². The molecule has 7 heteroatoms. The monoisotopic (exact) mass is 272 g/mol. The van der Waals surface area contributed by atoms with E-state index in [2.05, 4.69) is 5.32 Å². The first-order valence-corrected chi connectivity index (χ1v) is 6.03. The molecule has 2 atom stereocenters. The lowest BCUT2D eigenvalue weighted by molar-refractivity contribution is -0.385. The molecule has 19 heavy (non-hydrogen) atoms. The van der Waals surface area contributed by atoms with Gasteiger partial charge in [-0.2, -0.15) is 0 Å². The minimum Gasteiger partial charge on any atom is -0.396 e. The predicted molar refractivity (Wildman–Crippen MR) is 64.8 cm³/mol. The minimum absolute atomic E-state index is 0.0472. The Bertz CT molecular complexity index is 473. The minimum atomic E-state index is -0.990. The summed E-state index contributed by atoms with van der Waals surface area (Å²) >= 11 is 0. The summed E-state index contributed by atoms with van der Waals surface area (Å²) in [7, 11) is 0. The molecule has 2 unspecified atom stereocenters. The third kappa shape index (κ3) is 2.81. The normalized spacial score (nSPS) is 22.5. The Balaban J connectivity index is 2.23. The van der Waals surface area contributed by atoms with Crippen molar-refractivity contribution in [3.63, 3.8) is 0 Å². The summed E-state index contributed by atoms with van der Waals surface area (Å²) in [4.78, 5) is 9.63. The van der Waals surface area contributed by atoms with Crippen molar-refractivity contribution < 1.29 is 18.8 Å². The Hall–Kier alpha value is -1.76. The molecule has 1 aliphatic carbocycles. The second-order valence-electron chi connectivity index (χ2n) is 4.67. The second-order valence-corrected chi connectivity index (χ2v) is 4.67. The van der Waals surface area contributed by atoms with Crippen LogP contribution >= 0.6 is 0 Å². The van der Waals surface area contributed by atoms with Crippen LogP contribution in [0.5, 0.6) is 0 Å². The average Bonchev–Trinajstić information content (AvgIpc) is 2.80. The Morgan fingerprint density at radius 3 is 2.53 bits per heavy atom. The van der Waals surface area contributed by atoms with Crippen molar-refractivity contribution in [1.29, 1.82) is 0 Å². The van der Waals surface area contributed by atoms with Gasteiger partial charge in [0.15, 0.2) is 11.6 Å². The van der Waals surface area contributed by atoms with Gasteiger partial charge in [-0.3, -0.25) is 10.1 Å². The van der Waals surface area contributed by atoms with Crippen molar-refractivity contribution in [2.75, 3.05) is 11.9 Å². The number of halogens is 2. The van der Waals surface area contributed by atoms with Crippen LogP contribution in [-0.4, -0.2) is 22.7 Å². The SMILES string of the molecule is O=[N+]([O-])c1cc(F)c(NC2CCCC2CO)c(F)c1. The van der Waals surface area contributed by atoms with Gasteiger partial charge in [0.05, 0.1) is 17.1 Å². The number of anilines is 1. The zero-order valence-electron chi connectivity index (χ0n) is 10.1. The Kier molecular flexibility index (Phi) is 3.94. The molecular weight excluding hydrogens is 258 g/mol. The predicted octanol–water partition coefficient (Wildman–Crippen LogP) is 2.45. The van der Waals surface area contributed by atoms with Crippen molar-refractivity contribution >= 4 is 11.4 Å². The van der Waals surface area contributed by atoms with Gasteiger partial charge in [-0.15, -0.1) is 0 Å². The number of nitro benzene ring substituents is 1. The maximum Gasteiger partial charge on any atom is 0.275 e. The lowest BCUT2D eigenvalue weighted by Gasteiger charge is -2.20. The smallest absolute Gasteiger partial charge is 0.275 e. The molecule has 1 aromatic rings. The topological polar surface area (TPSA) is 75.4 Å². The van der Waals surface area contributed by atoms with E-state index < -0.39 is 22.2 Å². The van der Waals surface area contributed by atoms with Gasteiger partial charge >= 0.3 is 0 Å². The molecule has 2 rings (SSSR count). The molecule has 0 saturated heterocycles. The van der Waals surface area contributed by atoms with Gasteiger partial charge in [-0.05, 0) is 12.8 Å². The highest BCUT2D eigenvalue weighted by molar-refractivity contribution is 5.52. The van der Waals surface area contributed by atoms with Crippen LogP contribution in [0.4, 0.5) is 20.2 Å². The van der Waals surface area contributed by atoms with Gasteiger partial charge in [0.25, 0.3) is 5.69 Å². The summed E-state index contributed by atoms with van der Waals surface area (Å²) in [5.41, 5.74) is -0.985. The average molecular weight is 272 g/mol. The van der Waals surface area contributed by atoms with Crippen LogP contribution in [0.1, 0.15) is 19.3 Å². The molecule has 0 radical (unpaired) electrons. The molecule has 0 heterocycles. The first-order valence-electron chi connectivity index (χ1n) is 6.03. The molecule has 104 valence electrons. The maximum atomic E-state index is 13.7. The molecule has 1 aromatic carbocycles. The summed E-state index contributed by atoms with van der Waals surface area (Å²) in [6.07, 6.45) is 2.38. The Labute approximate surface area is 108 Å². The molecule has 0 aliphatic heterocycles. The number of aliphatic hydroxyl groups is 1. The van der Waals surface area contributed by atoms with Crippen LogP contribution in [0.2, 0.25) is 0 Å². The van der Waals surface area contributed by atoms with Gasteiger partial charge in [-0.1, -0.05) is 6.42 Å². The largest absolute Gasteiger partial charge is 0.396 e. The molecule has 0 aromatic heterocycles. The summed E-state index contributed by atoms with van der Waals surface area (Å²) < 4.78 is 27.4. The number of nitrogens with one attached hydrogen (secondary N) is 1. The van der Waals surface area contributed by atoms with E-state index in [4.69, 9.17) is 5.11 Å². The molecule has 1 fully saturated rings. The van der Waals surface area contributed by atoms with Gasteiger partial charge < -0.3 is 10.4 Å². The summed E-state index contributed by atoms with van der Waals surface area (Å²) in [6, 6.07) is 1.17. The third-order valence-electron chi connectivity index (χ3n) is 3.46. The first kappa shape index (κ1) is 13.7. The Morgan fingerprint density at radius 1 is 1.37 bits per heavy atom. The van der Waals surface area contributed by atoms with Gasteiger partial charge in [0.2, 0.25) is 0 Å². The Morgan fingerprint density at radius 2 is 2.00 bits per heavy atom. The lowest BCUT2D eigenvalue weighted by Crippen LogP contribution is -2.27. The van der Waals surface area contributed by atoms with E-state index in [-0.39, 0.29) is 24.3 Å². The zero-order valence-corrected chi connectivity index (χ0v) is 10.1. The molecule has 0 amide bonds. The summed E-state index contributed by atoms with van der Waals surface area (Å²) in [6.45, 7) is -0.0477. The van der Waals surface area contributed by atoms with Crippen LogP contribution < -0.4 is 5.32 Å². The van der Waals surface area contributed by atoms with Crippen molar-refractivity contribution in [2.24, 2.45) is 5.92 Å². The molecule has 0 bridgehead atoms. The third-order valence-corrected chi connectivity index (χ3v) is 3.46. The van der Waals surface area contributed by atoms with Gasteiger partial charge in [-0.25, -0.2) is 8.78 Å². The van der Waals surface area contributed by atoms with Crippen LogP contribution in [0.15, 0.2) is 12.1 Å². The van der Waals surface area contributed by atoms with Crippen molar-refractivity contribution in [1.82, 2.24) is 0 Å². The van der Waals surface area contributed by atoms with E-state index in [9.17, 15) is 18.9 Å². The summed E-state index contributed by atoms with van der Waals surface area (Å²) in [5.74, 6) is -2.03. The van der Waals surface area contributed by atoms with Crippen molar-refractivity contribution in [3.05, 3.63) is 33.9 Å². The number of nitro groups is 1. The van der Waals surface area contributed by atoms with Crippen LogP contribution in [0, 0.1) is 27.7 Å². The number of hydrogen-bond acceptors (Lipinski definition) is 4. The number of hydrogen-bond donors (Lipinski definition) is 2. The van der Waals surface area contributed by atoms with Gasteiger partial charge in [0.1, 0.15) is 5.69 Å². The van der Waals surface area contributed by atoms with Crippen LogP contribution in [-0.2, 0) is 0 Å². The van der Waals surface area contributed by atoms with E-state index in [1.165, 1.54) is 0 Å². The first-order chi connectivity index (χ1) is 9.02. The molecular formula is C12H14F2N2O3. The fourth-order valence-corrected chi connectivity index (χ4v) is 2.43. The van der Waals surface area contributed by atoms with Crippen LogP contribution in [0.25, 0.3) is 0 Å². The number of benzene rings is 1. The lowest BCUT2D eigenvalue weighted by atomic mass is 10.0. The highest BCUT2D eigenvalue weighted by Crippen LogP contribution is 2.31. The number of rotatable bonds is 4. The van der Waals surface area contributed by atoms with E-state index in [1.807, 2.05) is 0 Å². The highest BCUT2D eigenvalue weighted by atomic mass is 19.1. The number of nitrogens with zero attached hydrogens (tertiary/aromatic N) is 1. The molecule has 5 nitrogen and oxygen atoms in total. The quantitative estimate of drug-likeness (QED) is 0.652. The molecule has 0 spiro atoms. The maximum absolute atomic E-state index is 13.7. The van der Waals surface area contributed by atoms with Crippen LogP contribution in [0.3, 0.4) is 0 Å². The number of non-ortho nitro benzene ring substituents is 1. The van der Waals surface area contributed by atoms with Crippen molar-refractivity contribution in [3.8, 4) is 0 Å². The highest BCUT2D eigenvalue weighted by Gasteiger charge is 2.28. The summed E-state index contributed by atoms with van der Waals surface area (Å²) in [5, 5.41) is 22.3. The van der Waals surface area contributed by atoms with E-state index >= 15 is 0 Å². The molecule has 1 saturated carbocycles. The van der Waals surface area contributed by atoms with Crippen molar-refractivity contribution in [2.45, 2.75) is 25.3 Å². The van der Waals surface area contributed by atoms with Gasteiger partial charge in [0, 0.05) is 18.6 Å².